The summed E-state index contributed by atoms with van der Waals surface area (Å²) < 4.78 is 0. The molecule has 21 heavy (non-hydrogen) atoms. The normalized spacial score (nSPS) is 19.4. The van der Waals surface area contributed by atoms with Crippen molar-refractivity contribution >= 4 is 11.8 Å². The zero-order valence-corrected chi connectivity index (χ0v) is 13.2. The standard InChI is InChI=1S/C17H24N2O2/c1-5-12(4)18-17(21)16-14-9-7-6-8-13(14)10-15(20)19(16)11(2)3/h6-9,11-12,16H,5,10H2,1-4H3,(H,18,21). The van der Waals surface area contributed by atoms with E-state index >= 15 is 0 Å². The molecular formula is C17H24N2O2. The smallest absolute Gasteiger partial charge is 0.247 e. The van der Waals surface area contributed by atoms with E-state index in [9.17, 15) is 9.59 Å². The van der Waals surface area contributed by atoms with E-state index in [1.807, 2.05) is 52.0 Å². The molecule has 1 aromatic carbocycles. The minimum Gasteiger partial charge on any atom is -0.352 e. The first-order valence-corrected chi connectivity index (χ1v) is 7.65. The van der Waals surface area contributed by atoms with E-state index in [0.29, 0.717) is 6.42 Å². The van der Waals surface area contributed by atoms with Crippen LogP contribution in [-0.2, 0) is 16.0 Å². The molecule has 1 aliphatic heterocycles. The summed E-state index contributed by atoms with van der Waals surface area (Å²) in [5.74, 6) is -0.0634. The number of hydrogen-bond acceptors (Lipinski definition) is 2. The highest BCUT2D eigenvalue weighted by Crippen LogP contribution is 2.32. The van der Waals surface area contributed by atoms with Crippen LogP contribution in [0.25, 0.3) is 0 Å². The maximum absolute atomic E-state index is 12.7. The minimum absolute atomic E-state index is 0.00135. The maximum atomic E-state index is 12.7. The number of carbonyl (C=O) groups excluding carboxylic acids is 2. The lowest BCUT2D eigenvalue weighted by Gasteiger charge is -2.39. The van der Waals surface area contributed by atoms with Crippen LogP contribution in [0.3, 0.4) is 0 Å². The van der Waals surface area contributed by atoms with Gasteiger partial charge < -0.3 is 10.2 Å². The first-order chi connectivity index (χ1) is 9.95. The Bertz CT molecular complexity index is 539. The van der Waals surface area contributed by atoms with E-state index in [-0.39, 0.29) is 23.9 Å². The predicted octanol–water partition coefficient (Wildman–Crippen LogP) is 2.44. The molecule has 4 heteroatoms. The number of amides is 2. The van der Waals surface area contributed by atoms with Crippen molar-refractivity contribution in [2.75, 3.05) is 0 Å². The van der Waals surface area contributed by atoms with Gasteiger partial charge in [-0.2, -0.15) is 0 Å². The van der Waals surface area contributed by atoms with Gasteiger partial charge in [0.25, 0.3) is 0 Å². The molecule has 0 spiro atoms. The van der Waals surface area contributed by atoms with Crippen molar-refractivity contribution in [2.24, 2.45) is 0 Å². The molecule has 0 bridgehead atoms. The number of nitrogens with one attached hydrogen (secondary N) is 1. The highest BCUT2D eigenvalue weighted by Gasteiger charge is 2.38. The van der Waals surface area contributed by atoms with E-state index in [0.717, 1.165) is 17.5 Å². The minimum atomic E-state index is -0.517. The van der Waals surface area contributed by atoms with Gasteiger partial charge in [0.1, 0.15) is 6.04 Å². The number of fused-ring (bicyclic) bond motifs is 1. The van der Waals surface area contributed by atoms with Crippen molar-refractivity contribution in [3.05, 3.63) is 35.4 Å². The SMILES string of the molecule is CCC(C)NC(=O)C1c2ccccc2CC(=O)N1C(C)C. The molecule has 1 aliphatic rings. The Morgan fingerprint density at radius 1 is 1.33 bits per heavy atom. The quantitative estimate of drug-likeness (QED) is 0.925. The maximum Gasteiger partial charge on any atom is 0.247 e. The zero-order valence-electron chi connectivity index (χ0n) is 13.2. The monoisotopic (exact) mass is 288 g/mol. The average Bonchev–Trinajstić information content (AvgIpc) is 2.45. The second kappa shape index (κ2) is 6.29. The molecular weight excluding hydrogens is 264 g/mol. The molecule has 2 amide bonds. The van der Waals surface area contributed by atoms with Gasteiger partial charge in [-0.05, 0) is 38.3 Å². The number of benzene rings is 1. The molecule has 1 aromatic rings. The zero-order chi connectivity index (χ0) is 15.6. The van der Waals surface area contributed by atoms with Crippen LogP contribution in [0.1, 0.15) is 51.3 Å². The van der Waals surface area contributed by atoms with Crippen molar-refractivity contribution in [3.8, 4) is 0 Å². The van der Waals surface area contributed by atoms with Gasteiger partial charge >= 0.3 is 0 Å². The topological polar surface area (TPSA) is 49.4 Å². The molecule has 0 aliphatic carbocycles. The first kappa shape index (κ1) is 15.5. The molecule has 1 heterocycles. The number of hydrogen-bond donors (Lipinski definition) is 1. The Hall–Kier alpha value is -1.84. The van der Waals surface area contributed by atoms with Gasteiger partial charge in [0.05, 0.1) is 6.42 Å². The molecule has 2 unspecified atom stereocenters. The largest absolute Gasteiger partial charge is 0.352 e. The summed E-state index contributed by atoms with van der Waals surface area (Å²) in [6.45, 7) is 7.92. The Kier molecular flexibility index (Phi) is 4.66. The van der Waals surface area contributed by atoms with Crippen molar-refractivity contribution in [2.45, 2.75) is 58.7 Å². The third-order valence-electron chi connectivity index (χ3n) is 4.06. The molecule has 114 valence electrons. The summed E-state index contributed by atoms with van der Waals surface area (Å²) >= 11 is 0. The van der Waals surface area contributed by atoms with E-state index in [1.165, 1.54) is 0 Å². The van der Waals surface area contributed by atoms with Gasteiger partial charge in [0.2, 0.25) is 11.8 Å². The van der Waals surface area contributed by atoms with E-state index in [4.69, 9.17) is 0 Å². The van der Waals surface area contributed by atoms with Gasteiger partial charge in [-0.1, -0.05) is 31.2 Å². The molecule has 0 saturated carbocycles. The van der Waals surface area contributed by atoms with Crippen LogP contribution in [-0.4, -0.2) is 28.8 Å². The molecule has 0 aromatic heterocycles. The lowest BCUT2D eigenvalue weighted by molar-refractivity contribution is -0.143. The molecule has 4 nitrogen and oxygen atoms in total. The van der Waals surface area contributed by atoms with Gasteiger partial charge in [-0.15, -0.1) is 0 Å². The van der Waals surface area contributed by atoms with E-state index < -0.39 is 6.04 Å². The molecule has 0 saturated heterocycles. The molecule has 0 radical (unpaired) electrons. The van der Waals surface area contributed by atoms with Crippen molar-refractivity contribution in [3.63, 3.8) is 0 Å². The highest BCUT2D eigenvalue weighted by molar-refractivity contribution is 5.92. The first-order valence-electron chi connectivity index (χ1n) is 7.65. The second-order valence-corrected chi connectivity index (χ2v) is 5.99. The van der Waals surface area contributed by atoms with Gasteiger partial charge in [0.15, 0.2) is 0 Å². The van der Waals surface area contributed by atoms with Crippen LogP contribution >= 0.6 is 0 Å². The number of rotatable bonds is 4. The predicted molar refractivity (Wildman–Crippen MR) is 82.8 cm³/mol. The van der Waals surface area contributed by atoms with Crippen LogP contribution in [0, 0.1) is 0 Å². The molecule has 0 fully saturated rings. The fraction of sp³-hybridized carbons (Fsp3) is 0.529. The summed E-state index contributed by atoms with van der Waals surface area (Å²) in [4.78, 5) is 26.8. The third kappa shape index (κ3) is 3.09. The van der Waals surface area contributed by atoms with Crippen LogP contribution in [0.2, 0.25) is 0 Å². The molecule has 2 rings (SSSR count). The lowest BCUT2D eigenvalue weighted by Crippen LogP contribution is -2.51. The summed E-state index contributed by atoms with van der Waals surface area (Å²) in [7, 11) is 0. The third-order valence-corrected chi connectivity index (χ3v) is 4.06. The lowest BCUT2D eigenvalue weighted by atomic mass is 9.90. The van der Waals surface area contributed by atoms with Crippen LogP contribution in [0.15, 0.2) is 24.3 Å². The Morgan fingerprint density at radius 3 is 2.62 bits per heavy atom. The number of nitrogens with zero attached hydrogens (tertiary/aromatic N) is 1. The van der Waals surface area contributed by atoms with Crippen LogP contribution in [0.5, 0.6) is 0 Å². The van der Waals surface area contributed by atoms with Crippen LogP contribution < -0.4 is 5.32 Å². The van der Waals surface area contributed by atoms with Gasteiger partial charge in [-0.25, -0.2) is 0 Å². The van der Waals surface area contributed by atoms with E-state index in [1.54, 1.807) is 4.90 Å². The van der Waals surface area contributed by atoms with Gasteiger partial charge in [-0.3, -0.25) is 9.59 Å². The Labute approximate surface area is 126 Å². The van der Waals surface area contributed by atoms with Crippen molar-refractivity contribution in [1.82, 2.24) is 10.2 Å². The van der Waals surface area contributed by atoms with Gasteiger partial charge in [0, 0.05) is 12.1 Å². The average molecular weight is 288 g/mol. The fourth-order valence-electron chi connectivity index (χ4n) is 2.79. The van der Waals surface area contributed by atoms with Crippen molar-refractivity contribution in [1.29, 1.82) is 0 Å². The van der Waals surface area contributed by atoms with E-state index in [2.05, 4.69) is 5.32 Å². The summed E-state index contributed by atoms with van der Waals surface area (Å²) in [6.07, 6.45) is 1.25. The molecule has 2 atom stereocenters. The highest BCUT2D eigenvalue weighted by atomic mass is 16.2. The molecule has 1 N–H and O–H groups in total. The fourth-order valence-corrected chi connectivity index (χ4v) is 2.79. The summed E-state index contributed by atoms with van der Waals surface area (Å²) in [5, 5.41) is 3.01. The van der Waals surface area contributed by atoms with Crippen LogP contribution in [0.4, 0.5) is 0 Å². The summed E-state index contributed by atoms with van der Waals surface area (Å²) in [6, 6.07) is 7.33. The van der Waals surface area contributed by atoms with Crippen molar-refractivity contribution < 1.29 is 9.59 Å². The Balaban J connectivity index is 2.41. The summed E-state index contributed by atoms with van der Waals surface area (Å²) in [5.41, 5.74) is 1.91. The second-order valence-electron chi connectivity index (χ2n) is 5.99. The number of carbonyl (C=O) groups is 2. The Morgan fingerprint density at radius 2 is 2.00 bits per heavy atom.